The summed E-state index contributed by atoms with van der Waals surface area (Å²) >= 11 is 1.29. The van der Waals surface area contributed by atoms with Crippen molar-refractivity contribution in [3.05, 3.63) is 58.7 Å². The quantitative estimate of drug-likeness (QED) is 0.766. The predicted octanol–water partition coefficient (Wildman–Crippen LogP) is 3.38. The first-order valence-electron chi connectivity index (χ1n) is 5.61. The van der Waals surface area contributed by atoms with Gasteiger partial charge in [-0.05, 0) is 6.07 Å². The molecule has 0 amide bonds. The number of aromatic amines is 1. The Morgan fingerprint density at radius 2 is 2.16 bits per heavy atom. The van der Waals surface area contributed by atoms with Crippen molar-refractivity contribution in [1.82, 2.24) is 9.97 Å². The number of aromatic carboxylic acids is 1. The molecule has 0 radical (unpaired) electrons. The van der Waals surface area contributed by atoms with Crippen LogP contribution in [-0.2, 0) is 0 Å². The maximum absolute atomic E-state index is 10.8. The second kappa shape index (κ2) is 4.37. The lowest BCUT2D eigenvalue weighted by molar-refractivity contribution is 0.0691. The highest BCUT2D eigenvalue weighted by Gasteiger charge is 2.14. The number of hydrogen-bond donors (Lipinski definition) is 2. The number of nitrogens with one attached hydrogen (secondary N) is 1. The molecule has 0 saturated heterocycles. The maximum Gasteiger partial charge on any atom is 0.355 e. The Morgan fingerprint density at radius 1 is 1.37 bits per heavy atom. The van der Waals surface area contributed by atoms with Crippen LogP contribution in [0.3, 0.4) is 0 Å². The van der Waals surface area contributed by atoms with E-state index in [0.717, 1.165) is 22.0 Å². The molecule has 19 heavy (non-hydrogen) atoms. The van der Waals surface area contributed by atoms with Crippen LogP contribution in [0.25, 0.3) is 16.5 Å². The molecule has 0 aliphatic rings. The lowest BCUT2D eigenvalue weighted by Gasteiger charge is -1.99. The van der Waals surface area contributed by atoms with Gasteiger partial charge in [-0.2, -0.15) is 0 Å². The Labute approximate surface area is 113 Å². The number of para-hydroxylation sites is 1. The molecule has 0 fully saturated rings. The standard InChI is InChI=1S/C14H10N2O2S/c1-8(13-16-12(7-19-13)14(17)18)10-6-15-11-5-3-2-4-9(10)11/h2-7,15H,1H2,(H,17,18). The Balaban J connectivity index is 2.05. The van der Waals surface area contributed by atoms with Crippen molar-refractivity contribution in [2.45, 2.75) is 0 Å². The van der Waals surface area contributed by atoms with E-state index in [4.69, 9.17) is 5.11 Å². The summed E-state index contributed by atoms with van der Waals surface area (Å²) in [4.78, 5) is 18.1. The molecule has 1 aromatic carbocycles. The van der Waals surface area contributed by atoms with Crippen LogP contribution in [0.1, 0.15) is 21.1 Å². The lowest BCUT2D eigenvalue weighted by atomic mass is 10.1. The average molecular weight is 270 g/mol. The van der Waals surface area contributed by atoms with E-state index in [9.17, 15) is 4.79 Å². The molecule has 0 aliphatic heterocycles. The van der Waals surface area contributed by atoms with Crippen molar-refractivity contribution in [3.63, 3.8) is 0 Å². The zero-order chi connectivity index (χ0) is 13.4. The smallest absolute Gasteiger partial charge is 0.355 e. The van der Waals surface area contributed by atoms with E-state index in [1.807, 2.05) is 30.5 Å². The molecule has 2 N–H and O–H groups in total. The number of carboxylic acid groups (broad SMARTS) is 1. The van der Waals surface area contributed by atoms with Gasteiger partial charge < -0.3 is 10.1 Å². The van der Waals surface area contributed by atoms with Gasteiger partial charge in [0.1, 0.15) is 5.01 Å². The molecule has 0 atom stereocenters. The summed E-state index contributed by atoms with van der Waals surface area (Å²) in [5, 5.41) is 12.1. The van der Waals surface area contributed by atoms with Crippen LogP contribution in [-0.4, -0.2) is 21.0 Å². The molecular weight excluding hydrogens is 260 g/mol. The number of carbonyl (C=O) groups is 1. The Bertz CT molecular complexity index is 785. The van der Waals surface area contributed by atoms with E-state index in [0.29, 0.717) is 5.01 Å². The second-order valence-electron chi connectivity index (χ2n) is 4.07. The molecule has 0 saturated carbocycles. The van der Waals surface area contributed by atoms with Gasteiger partial charge in [0.25, 0.3) is 0 Å². The summed E-state index contributed by atoms with van der Waals surface area (Å²) in [5.74, 6) is -1.02. The molecule has 0 spiro atoms. The Kier molecular flexibility index (Phi) is 2.68. The average Bonchev–Trinajstić information content (AvgIpc) is 3.05. The summed E-state index contributed by atoms with van der Waals surface area (Å²) in [7, 11) is 0. The van der Waals surface area contributed by atoms with Crippen LogP contribution in [0.4, 0.5) is 0 Å². The van der Waals surface area contributed by atoms with Crippen molar-refractivity contribution in [2.24, 2.45) is 0 Å². The number of carboxylic acids is 1. The number of fused-ring (bicyclic) bond motifs is 1. The number of rotatable bonds is 3. The monoisotopic (exact) mass is 270 g/mol. The van der Waals surface area contributed by atoms with E-state index in [1.165, 1.54) is 16.7 Å². The summed E-state index contributed by atoms with van der Waals surface area (Å²) in [6.07, 6.45) is 1.87. The number of H-pyrrole nitrogens is 1. The summed E-state index contributed by atoms with van der Waals surface area (Å²) in [5.41, 5.74) is 2.76. The van der Waals surface area contributed by atoms with Gasteiger partial charge in [-0.15, -0.1) is 11.3 Å². The minimum Gasteiger partial charge on any atom is -0.476 e. The first-order valence-corrected chi connectivity index (χ1v) is 6.49. The number of hydrogen-bond acceptors (Lipinski definition) is 3. The normalized spacial score (nSPS) is 10.7. The molecule has 0 aliphatic carbocycles. The van der Waals surface area contributed by atoms with Crippen molar-refractivity contribution in [1.29, 1.82) is 0 Å². The van der Waals surface area contributed by atoms with Crippen LogP contribution in [0.5, 0.6) is 0 Å². The molecule has 0 unspecified atom stereocenters. The molecule has 5 heteroatoms. The van der Waals surface area contributed by atoms with Crippen LogP contribution < -0.4 is 0 Å². The van der Waals surface area contributed by atoms with Crippen molar-refractivity contribution in [3.8, 4) is 0 Å². The molecule has 0 bridgehead atoms. The highest BCUT2D eigenvalue weighted by atomic mass is 32.1. The molecule has 94 valence electrons. The van der Waals surface area contributed by atoms with E-state index in [-0.39, 0.29) is 5.69 Å². The number of nitrogens with zero attached hydrogens (tertiary/aromatic N) is 1. The van der Waals surface area contributed by atoms with Gasteiger partial charge in [0.2, 0.25) is 0 Å². The largest absolute Gasteiger partial charge is 0.476 e. The number of thiazole rings is 1. The van der Waals surface area contributed by atoms with Crippen LogP contribution >= 0.6 is 11.3 Å². The molecule has 2 heterocycles. The van der Waals surface area contributed by atoms with Crippen LogP contribution in [0, 0.1) is 0 Å². The maximum atomic E-state index is 10.8. The second-order valence-corrected chi connectivity index (χ2v) is 4.93. The minimum atomic E-state index is -1.02. The van der Waals surface area contributed by atoms with Crippen molar-refractivity contribution in [2.75, 3.05) is 0 Å². The van der Waals surface area contributed by atoms with E-state index < -0.39 is 5.97 Å². The fourth-order valence-corrected chi connectivity index (χ4v) is 2.73. The third-order valence-electron chi connectivity index (χ3n) is 2.90. The van der Waals surface area contributed by atoms with Crippen molar-refractivity contribution < 1.29 is 9.90 Å². The van der Waals surface area contributed by atoms with Crippen molar-refractivity contribution >= 4 is 33.8 Å². The van der Waals surface area contributed by atoms with Crippen LogP contribution in [0.15, 0.2) is 42.4 Å². The number of benzene rings is 1. The zero-order valence-corrected chi connectivity index (χ0v) is 10.7. The lowest BCUT2D eigenvalue weighted by Crippen LogP contribution is -1.96. The Hall–Kier alpha value is -2.40. The molecular formula is C14H10N2O2S. The SMILES string of the molecule is C=C(c1nc(C(=O)O)cs1)c1c[nH]c2ccccc12. The highest BCUT2D eigenvalue weighted by Crippen LogP contribution is 2.30. The third-order valence-corrected chi connectivity index (χ3v) is 3.80. The third kappa shape index (κ3) is 1.94. The highest BCUT2D eigenvalue weighted by molar-refractivity contribution is 7.11. The van der Waals surface area contributed by atoms with Gasteiger partial charge in [0.15, 0.2) is 5.69 Å². The molecule has 3 rings (SSSR count). The van der Waals surface area contributed by atoms with Gasteiger partial charge in [-0.25, -0.2) is 9.78 Å². The zero-order valence-electron chi connectivity index (χ0n) is 9.88. The van der Waals surface area contributed by atoms with Gasteiger partial charge in [-0.3, -0.25) is 0 Å². The molecule has 2 aromatic heterocycles. The fraction of sp³-hybridized carbons (Fsp3) is 0. The van der Waals surface area contributed by atoms with Crippen LogP contribution in [0.2, 0.25) is 0 Å². The van der Waals surface area contributed by atoms with Gasteiger partial charge in [-0.1, -0.05) is 24.8 Å². The predicted molar refractivity (Wildman–Crippen MR) is 75.5 cm³/mol. The Morgan fingerprint density at radius 3 is 2.89 bits per heavy atom. The van der Waals surface area contributed by atoms with E-state index in [1.54, 1.807) is 0 Å². The summed E-state index contributed by atoms with van der Waals surface area (Å²) in [6, 6.07) is 7.89. The molecule has 4 nitrogen and oxygen atoms in total. The van der Waals surface area contributed by atoms with E-state index >= 15 is 0 Å². The van der Waals surface area contributed by atoms with Gasteiger partial charge in [0, 0.05) is 33.6 Å². The van der Waals surface area contributed by atoms with Gasteiger partial charge in [0.05, 0.1) is 0 Å². The number of aromatic nitrogens is 2. The first kappa shape index (κ1) is 11.7. The topological polar surface area (TPSA) is 66.0 Å². The summed E-state index contributed by atoms with van der Waals surface area (Å²) in [6.45, 7) is 4.03. The molecule has 3 aromatic rings. The first-order chi connectivity index (χ1) is 9.16. The summed E-state index contributed by atoms with van der Waals surface area (Å²) < 4.78 is 0. The van der Waals surface area contributed by atoms with E-state index in [2.05, 4.69) is 16.5 Å². The van der Waals surface area contributed by atoms with Gasteiger partial charge >= 0.3 is 5.97 Å². The fourth-order valence-electron chi connectivity index (χ4n) is 1.95. The minimum absolute atomic E-state index is 0.0565.